The lowest BCUT2D eigenvalue weighted by Crippen LogP contribution is -2.12. The van der Waals surface area contributed by atoms with Crippen molar-refractivity contribution in [1.82, 2.24) is 0 Å². The van der Waals surface area contributed by atoms with Gasteiger partial charge >= 0.3 is 0 Å². The molecule has 2 nitrogen and oxygen atoms in total. The Morgan fingerprint density at radius 1 is 1.15 bits per heavy atom. The average molecular weight is 260 g/mol. The molecular weight excluding hydrogens is 244 g/mol. The molecule has 0 saturated heterocycles. The summed E-state index contributed by atoms with van der Waals surface area (Å²) in [5, 5.41) is 8.95. The van der Waals surface area contributed by atoms with Crippen LogP contribution in [0.4, 0.5) is 0 Å². The Balaban J connectivity index is 2.30. The predicted molar refractivity (Wildman–Crippen MR) is 80.8 cm³/mol. The number of hydrogen-bond donors (Lipinski definition) is 1. The van der Waals surface area contributed by atoms with Gasteiger partial charge in [-0.15, -0.1) is 12.3 Å². The zero-order valence-electron chi connectivity index (χ0n) is 11.2. The lowest BCUT2D eigenvalue weighted by Gasteiger charge is -2.14. The van der Waals surface area contributed by atoms with Crippen LogP contribution in [0, 0.1) is 23.7 Å². The van der Waals surface area contributed by atoms with Crippen LogP contribution in [0.25, 0.3) is 0 Å². The van der Waals surface area contributed by atoms with Crippen LogP contribution in [0.15, 0.2) is 48.5 Å². The van der Waals surface area contributed by atoms with E-state index in [9.17, 15) is 0 Å². The quantitative estimate of drug-likeness (QED) is 0.858. The van der Waals surface area contributed by atoms with Gasteiger partial charge in [0.15, 0.2) is 0 Å². The van der Waals surface area contributed by atoms with E-state index in [4.69, 9.17) is 17.4 Å². The Hall–Kier alpha value is -2.55. The highest BCUT2D eigenvalue weighted by Crippen LogP contribution is 2.21. The molecule has 0 aliphatic rings. The van der Waals surface area contributed by atoms with Gasteiger partial charge in [-0.2, -0.15) is 5.26 Å². The zero-order chi connectivity index (χ0) is 14.4. The minimum absolute atomic E-state index is 0.143. The summed E-state index contributed by atoms with van der Waals surface area (Å²) >= 11 is 0. The molecule has 0 radical (unpaired) electrons. The molecule has 20 heavy (non-hydrogen) atoms. The van der Waals surface area contributed by atoms with E-state index < -0.39 is 0 Å². The number of terminal acetylenes is 1. The number of nitriles is 1. The van der Waals surface area contributed by atoms with Crippen molar-refractivity contribution in [3.8, 4) is 18.4 Å². The Morgan fingerprint density at radius 3 is 2.70 bits per heavy atom. The molecular formula is C18H16N2. The Morgan fingerprint density at radius 2 is 1.95 bits per heavy atom. The summed E-state index contributed by atoms with van der Waals surface area (Å²) in [6, 6.07) is 17.7. The monoisotopic (exact) mass is 260 g/mol. The lowest BCUT2D eigenvalue weighted by molar-refractivity contribution is 0.744. The lowest BCUT2D eigenvalue weighted by atomic mass is 9.94. The van der Waals surface area contributed by atoms with E-state index in [1.165, 1.54) is 0 Å². The Bertz CT molecular complexity index is 674. The maximum Gasteiger partial charge on any atom is 0.0991 e. The third kappa shape index (κ3) is 3.26. The highest BCUT2D eigenvalue weighted by molar-refractivity contribution is 5.38. The molecule has 0 bridgehead atoms. The highest BCUT2D eigenvalue weighted by atomic mass is 14.6. The predicted octanol–water partition coefficient (Wildman–Crippen LogP) is 3.17. The summed E-state index contributed by atoms with van der Waals surface area (Å²) in [5.74, 6) is 2.61. The molecule has 2 N–H and O–H groups in total. The van der Waals surface area contributed by atoms with Gasteiger partial charge in [-0.05, 0) is 35.2 Å². The topological polar surface area (TPSA) is 49.8 Å². The van der Waals surface area contributed by atoms with E-state index in [1.54, 1.807) is 6.07 Å². The van der Waals surface area contributed by atoms with Crippen molar-refractivity contribution in [3.63, 3.8) is 0 Å². The summed E-state index contributed by atoms with van der Waals surface area (Å²) in [6.07, 6.45) is 6.62. The van der Waals surface area contributed by atoms with Crippen LogP contribution in [-0.4, -0.2) is 0 Å². The van der Waals surface area contributed by atoms with Crippen molar-refractivity contribution in [3.05, 3.63) is 70.8 Å². The molecule has 0 heterocycles. The van der Waals surface area contributed by atoms with Crippen LogP contribution >= 0.6 is 0 Å². The number of nitrogens with zero attached hydrogens (tertiary/aromatic N) is 1. The Labute approximate surface area is 119 Å². The molecule has 0 aliphatic heterocycles. The van der Waals surface area contributed by atoms with Gasteiger partial charge in [-0.25, -0.2) is 0 Å². The minimum atomic E-state index is -0.143. The van der Waals surface area contributed by atoms with Gasteiger partial charge in [-0.1, -0.05) is 36.4 Å². The van der Waals surface area contributed by atoms with Gasteiger partial charge in [0, 0.05) is 12.5 Å². The fourth-order valence-corrected chi connectivity index (χ4v) is 2.26. The van der Waals surface area contributed by atoms with Gasteiger partial charge in [0.25, 0.3) is 0 Å². The van der Waals surface area contributed by atoms with Gasteiger partial charge in [0.05, 0.1) is 11.6 Å². The number of hydrogen-bond acceptors (Lipinski definition) is 2. The molecule has 2 aromatic rings. The summed E-state index contributed by atoms with van der Waals surface area (Å²) in [7, 11) is 0. The van der Waals surface area contributed by atoms with E-state index in [0.717, 1.165) is 23.1 Å². The highest BCUT2D eigenvalue weighted by Gasteiger charge is 2.10. The van der Waals surface area contributed by atoms with E-state index in [1.807, 2.05) is 36.4 Å². The third-order valence-corrected chi connectivity index (χ3v) is 3.24. The van der Waals surface area contributed by atoms with Crippen molar-refractivity contribution in [2.45, 2.75) is 18.9 Å². The van der Waals surface area contributed by atoms with Crippen molar-refractivity contribution in [1.29, 1.82) is 5.26 Å². The van der Waals surface area contributed by atoms with Crippen molar-refractivity contribution >= 4 is 0 Å². The first-order chi connectivity index (χ1) is 9.74. The van der Waals surface area contributed by atoms with Crippen molar-refractivity contribution in [2.75, 3.05) is 0 Å². The summed E-state index contributed by atoms with van der Waals surface area (Å²) in [4.78, 5) is 0. The van der Waals surface area contributed by atoms with Crippen LogP contribution in [0.1, 0.15) is 34.7 Å². The number of benzene rings is 2. The Kier molecular flexibility index (Phi) is 4.56. The standard InChI is InChI=1S/C18H16N2/c1-2-6-18(20)17-10-4-3-9-16(17)12-14-7-5-8-15(11-14)13-19/h1,3-5,7-11,18H,6,12,20H2. The smallest absolute Gasteiger partial charge is 0.0991 e. The minimum Gasteiger partial charge on any atom is -0.323 e. The molecule has 0 amide bonds. The second-order valence-corrected chi connectivity index (χ2v) is 4.70. The van der Waals surface area contributed by atoms with Crippen molar-refractivity contribution < 1.29 is 0 Å². The maximum atomic E-state index is 8.95. The van der Waals surface area contributed by atoms with E-state index in [-0.39, 0.29) is 6.04 Å². The third-order valence-electron chi connectivity index (χ3n) is 3.24. The molecule has 2 rings (SSSR count). The van der Waals surface area contributed by atoms with Crippen LogP contribution in [0.3, 0.4) is 0 Å². The molecule has 0 saturated carbocycles. The zero-order valence-corrected chi connectivity index (χ0v) is 11.2. The molecule has 0 spiro atoms. The molecule has 2 aromatic carbocycles. The summed E-state index contributed by atoms with van der Waals surface area (Å²) in [6.45, 7) is 0. The largest absolute Gasteiger partial charge is 0.323 e. The van der Waals surface area contributed by atoms with Gasteiger partial charge in [-0.3, -0.25) is 0 Å². The second-order valence-electron chi connectivity index (χ2n) is 4.70. The molecule has 98 valence electrons. The van der Waals surface area contributed by atoms with Gasteiger partial charge in [0.2, 0.25) is 0 Å². The number of nitrogens with two attached hydrogens (primary N) is 1. The number of rotatable bonds is 4. The maximum absolute atomic E-state index is 8.95. The van der Waals surface area contributed by atoms with Gasteiger partial charge in [0.1, 0.15) is 0 Å². The van der Waals surface area contributed by atoms with E-state index in [2.05, 4.69) is 18.1 Å². The average Bonchev–Trinajstić information content (AvgIpc) is 2.48. The first kappa shape index (κ1) is 13.9. The fourth-order valence-electron chi connectivity index (χ4n) is 2.26. The van der Waals surface area contributed by atoms with Crippen LogP contribution < -0.4 is 5.73 Å². The van der Waals surface area contributed by atoms with E-state index >= 15 is 0 Å². The van der Waals surface area contributed by atoms with Crippen molar-refractivity contribution in [2.24, 2.45) is 5.73 Å². The first-order valence-electron chi connectivity index (χ1n) is 6.50. The normalized spacial score (nSPS) is 11.3. The summed E-state index contributed by atoms with van der Waals surface area (Å²) in [5.41, 5.74) is 10.1. The van der Waals surface area contributed by atoms with Crippen LogP contribution in [-0.2, 0) is 6.42 Å². The first-order valence-corrected chi connectivity index (χ1v) is 6.50. The SMILES string of the molecule is C#CCC(N)c1ccccc1Cc1cccc(C#N)c1. The van der Waals surface area contributed by atoms with Gasteiger partial charge < -0.3 is 5.73 Å². The van der Waals surface area contributed by atoms with Crippen LogP contribution in [0.5, 0.6) is 0 Å². The fraction of sp³-hybridized carbons (Fsp3) is 0.167. The molecule has 1 unspecified atom stereocenters. The second kappa shape index (κ2) is 6.57. The molecule has 1 atom stereocenters. The molecule has 0 aliphatic carbocycles. The molecule has 0 aromatic heterocycles. The van der Waals surface area contributed by atoms with Crippen LogP contribution in [0.2, 0.25) is 0 Å². The van der Waals surface area contributed by atoms with E-state index in [0.29, 0.717) is 12.0 Å². The summed E-state index contributed by atoms with van der Waals surface area (Å²) < 4.78 is 0. The molecule has 0 fully saturated rings. The molecule has 2 heteroatoms.